The van der Waals surface area contributed by atoms with Crippen LogP contribution in [0.3, 0.4) is 0 Å². The molecule has 0 amide bonds. The van der Waals surface area contributed by atoms with Crippen molar-refractivity contribution in [3.05, 3.63) is 0 Å². The third kappa shape index (κ3) is 40.2. The van der Waals surface area contributed by atoms with Gasteiger partial charge in [0.05, 0.1) is 0 Å². The highest BCUT2D eigenvalue weighted by Crippen LogP contribution is 1.89. The van der Waals surface area contributed by atoms with Crippen molar-refractivity contribution in [2.75, 3.05) is 13.6 Å². The van der Waals surface area contributed by atoms with Crippen LogP contribution in [0.15, 0.2) is 0 Å². The van der Waals surface area contributed by atoms with Gasteiger partial charge in [-0.05, 0) is 20.0 Å². The van der Waals surface area contributed by atoms with E-state index in [0.29, 0.717) is 0 Å². The lowest BCUT2D eigenvalue weighted by Gasteiger charge is -1.93. The third-order valence-electron chi connectivity index (χ3n) is 1.03. The Bertz CT molecular complexity index is 24.1. The van der Waals surface area contributed by atoms with Crippen molar-refractivity contribution in [3.8, 4) is 0 Å². The second-order valence-electron chi connectivity index (χ2n) is 1.81. The summed E-state index contributed by atoms with van der Waals surface area (Å²) in [6.07, 6.45) is 4.01. The van der Waals surface area contributed by atoms with Gasteiger partial charge in [-0.15, -0.1) is 0 Å². The van der Waals surface area contributed by atoms with E-state index in [1.54, 1.807) is 0 Å². The Labute approximate surface area is 73.6 Å². The minimum Gasteiger partial charge on any atom is -0.320 e. The standard InChI is InChI=1S/C6H15N.2C2H6/c1-3-4-5-6-7-2;2*1-2/h7H,3-6H2,1-2H3;2*1-2H3. The number of unbranched alkanes of at least 4 members (excludes halogenated alkanes) is 2. The first-order valence-corrected chi connectivity index (χ1v) is 5.06. The minimum atomic E-state index is 1.17. The van der Waals surface area contributed by atoms with E-state index in [0.717, 1.165) is 0 Å². The van der Waals surface area contributed by atoms with Gasteiger partial charge in [-0.3, -0.25) is 0 Å². The van der Waals surface area contributed by atoms with Crippen molar-refractivity contribution >= 4 is 0 Å². The number of rotatable bonds is 4. The smallest absolute Gasteiger partial charge is 0.00519 e. The highest BCUT2D eigenvalue weighted by Gasteiger charge is 1.78. The molecular weight excluding hydrogens is 134 g/mol. The lowest BCUT2D eigenvalue weighted by Crippen LogP contribution is -2.06. The molecule has 0 bridgehead atoms. The van der Waals surface area contributed by atoms with Crippen molar-refractivity contribution in [3.63, 3.8) is 0 Å². The summed E-state index contributed by atoms with van der Waals surface area (Å²) < 4.78 is 0. The first kappa shape index (κ1) is 17.2. The zero-order chi connectivity index (χ0) is 9.54. The molecular formula is C10H27N. The molecule has 0 aromatic rings. The molecule has 0 heterocycles. The molecule has 0 rings (SSSR count). The SMILES string of the molecule is CC.CC.CCCCCNC. The van der Waals surface area contributed by atoms with Gasteiger partial charge in [-0.2, -0.15) is 0 Å². The Morgan fingerprint density at radius 3 is 1.64 bits per heavy atom. The molecule has 11 heavy (non-hydrogen) atoms. The van der Waals surface area contributed by atoms with E-state index < -0.39 is 0 Å². The van der Waals surface area contributed by atoms with Crippen LogP contribution in [0.2, 0.25) is 0 Å². The Hall–Kier alpha value is -0.0400. The van der Waals surface area contributed by atoms with Gasteiger partial charge in [0.1, 0.15) is 0 Å². The molecule has 0 aromatic heterocycles. The maximum Gasteiger partial charge on any atom is -0.00519 e. The van der Waals surface area contributed by atoms with Crippen molar-refractivity contribution < 1.29 is 0 Å². The molecule has 0 saturated carbocycles. The lowest BCUT2D eigenvalue weighted by molar-refractivity contribution is 0.667. The van der Waals surface area contributed by atoms with Gasteiger partial charge < -0.3 is 5.32 Å². The van der Waals surface area contributed by atoms with E-state index in [1.807, 2.05) is 34.7 Å². The van der Waals surface area contributed by atoms with Crippen molar-refractivity contribution in [2.45, 2.75) is 53.9 Å². The van der Waals surface area contributed by atoms with Gasteiger partial charge in [0.2, 0.25) is 0 Å². The zero-order valence-corrected chi connectivity index (χ0v) is 9.33. The normalized spacial score (nSPS) is 7.09. The van der Waals surface area contributed by atoms with Crippen LogP contribution in [0.4, 0.5) is 0 Å². The van der Waals surface area contributed by atoms with Gasteiger partial charge in [0.15, 0.2) is 0 Å². The fourth-order valence-electron chi connectivity index (χ4n) is 0.552. The van der Waals surface area contributed by atoms with Crippen molar-refractivity contribution in [1.82, 2.24) is 5.32 Å². The molecule has 0 fully saturated rings. The summed E-state index contributed by atoms with van der Waals surface area (Å²) in [5, 5.41) is 3.10. The van der Waals surface area contributed by atoms with E-state index in [-0.39, 0.29) is 0 Å². The summed E-state index contributed by atoms with van der Waals surface area (Å²) in [4.78, 5) is 0. The first-order chi connectivity index (χ1) is 5.41. The fourth-order valence-corrected chi connectivity index (χ4v) is 0.552. The van der Waals surface area contributed by atoms with Crippen molar-refractivity contribution in [2.24, 2.45) is 0 Å². The average molecular weight is 161 g/mol. The molecule has 1 N–H and O–H groups in total. The third-order valence-corrected chi connectivity index (χ3v) is 1.03. The molecule has 0 atom stereocenters. The zero-order valence-electron chi connectivity index (χ0n) is 9.33. The van der Waals surface area contributed by atoms with Gasteiger partial charge in [-0.25, -0.2) is 0 Å². The fraction of sp³-hybridized carbons (Fsp3) is 1.00. The maximum absolute atomic E-state index is 3.10. The molecule has 0 saturated heterocycles. The van der Waals surface area contributed by atoms with Gasteiger partial charge >= 0.3 is 0 Å². The quantitative estimate of drug-likeness (QED) is 0.623. The van der Waals surface area contributed by atoms with E-state index in [2.05, 4.69) is 12.2 Å². The highest BCUT2D eigenvalue weighted by molar-refractivity contribution is 4.39. The molecule has 0 aromatic carbocycles. The molecule has 0 aliphatic carbocycles. The van der Waals surface area contributed by atoms with Gasteiger partial charge in [0.25, 0.3) is 0 Å². The summed E-state index contributed by atoms with van der Waals surface area (Å²) in [7, 11) is 2.00. The predicted octanol–water partition coefficient (Wildman–Crippen LogP) is 3.45. The molecule has 0 radical (unpaired) electrons. The monoisotopic (exact) mass is 161 g/mol. The topological polar surface area (TPSA) is 12.0 Å². The average Bonchev–Trinajstić information content (AvgIpc) is 2.13. The van der Waals surface area contributed by atoms with Crippen molar-refractivity contribution in [1.29, 1.82) is 0 Å². The van der Waals surface area contributed by atoms with Crippen LogP contribution in [0.25, 0.3) is 0 Å². The second-order valence-corrected chi connectivity index (χ2v) is 1.81. The summed E-state index contributed by atoms with van der Waals surface area (Å²) in [6, 6.07) is 0. The molecule has 0 spiro atoms. The van der Waals surface area contributed by atoms with Gasteiger partial charge in [-0.1, -0.05) is 47.5 Å². The molecule has 0 aliphatic rings. The first-order valence-electron chi connectivity index (χ1n) is 5.06. The van der Waals surface area contributed by atoms with E-state index >= 15 is 0 Å². The number of hydrogen-bond donors (Lipinski definition) is 1. The van der Waals surface area contributed by atoms with Crippen LogP contribution >= 0.6 is 0 Å². The van der Waals surface area contributed by atoms with Crippen LogP contribution < -0.4 is 5.32 Å². The van der Waals surface area contributed by atoms with Crippen LogP contribution in [-0.4, -0.2) is 13.6 Å². The number of nitrogens with one attached hydrogen (secondary N) is 1. The lowest BCUT2D eigenvalue weighted by atomic mass is 10.2. The predicted molar refractivity (Wildman–Crippen MR) is 56.1 cm³/mol. The molecule has 1 heteroatoms. The second kappa shape index (κ2) is 32.5. The van der Waals surface area contributed by atoms with Crippen LogP contribution in [0.5, 0.6) is 0 Å². The van der Waals surface area contributed by atoms with E-state index in [1.165, 1.54) is 25.8 Å². The summed E-state index contributed by atoms with van der Waals surface area (Å²) in [5.74, 6) is 0. The minimum absolute atomic E-state index is 1.17. The largest absolute Gasteiger partial charge is 0.320 e. The van der Waals surface area contributed by atoms with Gasteiger partial charge in [0, 0.05) is 0 Å². The Morgan fingerprint density at radius 2 is 1.36 bits per heavy atom. The molecule has 0 unspecified atom stereocenters. The molecule has 72 valence electrons. The summed E-state index contributed by atoms with van der Waals surface area (Å²) in [5.41, 5.74) is 0. The van der Waals surface area contributed by atoms with E-state index in [4.69, 9.17) is 0 Å². The van der Waals surface area contributed by atoms with Crippen LogP contribution in [0, 0.1) is 0 Å². The Kier molecular flexibility index (Phi) is 50.7. The molecule has 1 nitrogen and oxygen atoms in total. The van der Waals surface area contributed by atoms with Crippen LogP contribution in [-0.2, 0) is 0 Å². The Morgan fingerprint density at radius 1 is 0.909 bits per heavy atom. The highest BCUT2D eigenvalue weighted by atomic mass is 14.8. The molecule has 0 aliphatic heterocycles. The van der Waals surface area contributed by atoms with Crippen LogP contribution in [0.1, 0.15) is 53.9 Å². The summed E-state index contributed by atoms with van der Waals surface area (Å²) >= 11 is 0. The Balaban J connectivity index is -0.000000138. The number of hydrogen-bond acceptors (Lipinski definition) is 1. The summed E-state index contributed by atoms with van der Waals surface area (Å²) in [6.45, 7) is 11.4. The maximum atomic E-state index is 3.10. The van der Waals surface area contributed by atoms with E-state index in [9.17, 15) is 0 Å².